The van der Waals surface area contributed by atoms with E-state index >= 15 is 0 Å². The summed E-state index contributed by atoms with van der Waals surface area (Å²) in [5.74, 6) is 0.484. The molecule has 0 bridgehead atoms. The lowest BCUT2D eigenvalue weighted by atomic mass is 10.2. The largest absolute Gasteiger partial charge is 0.454 e. The number of amides is 2. The highest BCUT2D eigenvalue weighted by molar-refractivity contribution is 5.91. The van der Waals surface area contributed by atoms with Gasteiger partial charge < -0.3 is 13.9 Å². The molecule has 0 aliphatic heterocycles. The summed E-state index contributed by atoms with van der Waals surface area (Å²) in [6.45, 7) is 11.6. The van der Waals surface area contributed by atoms with Crippen molar-refractivity contribution in [3.8, 4) is 0 Å². The van der Waals surface area contributed by atoms with Crippen LogP contribution < -0.4 is 0 Å². The van der Waals surface area contributed by atoms with Crippen molar-refractivity contribution in [1.29, 1.82) is 0 Å². The predicted octanol–water partition coefficient (Wildman–Crippen LogP) is 4.67. The lowest BCUT2D eigenvalue weighted by Gasteiger charge is -2.28. The van der Waals surface area contributed by atoms with Crippen molar-refractivity contribution >= 4 is 24.0 Å². The third-order valence-corrected chi connectivity index (χ3v) is 2.77. The second-order valence-electron chi connectivity index (χ2n) is 7.73. The molecule has 1 heterocycles. The molecule has 0 aromatic carbocycles. The minimum Gasteiger partial charge on any atom is -0.454 e. The van der Waals surface area contributed by atoms with Gasteiger partial charge in [-0.1, -0.05) is 6.08 Å². The Balaban J connectivity index is 2.89. The molecular weight excluding hydrogens is 338 g/mol. The highest BCUT2D eigenvalue weighted by Gasteiger charge is 2.30. The van der Waals surface area contributed by atoms with E-state index in [0.717, 1.165) is 4.90 Å². The fraction of sp³-hybridized carbons (Fsp3) is 0.526. The fourth-order valence-electron chi connectivity index (χ4n) is 1.76. The van der Waals surface area contributed by atoms with Gasteiger partial charge >= 0.3 is 12.2 Å². The fourth-order valence-corrected chi connectivity index (χ4v) is 1.76. The van der Waals surface area contributed by atoms with E-state index in [1.54, 1.807) is 65.8 Å². The van der Waals surface area contributed by atoms with Crippen LogP contribution in [0.3, 0.4) is 0 Å². The minimum absolute atomic E-state index is 0.0695. The first-order chi connectivity index (χ1) is 11.8. The van der Waals surface area contributed by atoms with Crippen LogP contribution >= 0.6 is 0 Å². The van der Waals surface area contributed by atoms with Gasteiger partial charge in [0, 0.05) is 6.92 Å². The topological polar surface area (TPSA) is 86.0 Å². The molecule has 1 rings (SSSR count). The molecule has 1 aromatic rings. The molecule has 0 aliphatic carbocycles. The molecule has 26 heavy (non-hydrogen) atoms. The second-order valence-corrected chi connectivity index (χ2v) is 7.73. The summed E-state index contributed by atoms with van der Waals surface area (Å²) in [6.07, 6.45) is 1.51. The summed E-state index contributed by atoms with van der Waals surface area (Å²) in [6, 6.07) is 3.18. The van der Waals surface area contributed by atoms with Gasteiger partial charge in [0.2, 0.25) is 0 Å². The third-order valence-electron chi connectivity index (χ3n) is 2.77. The van der Waals surface area contributed by atoms with Crippen molar-refractivity contribution in [2.45, 2.75) is 59.7 Å². The Hall–Kier alpha value is -2.57. The average Bonchev–Trinajstić information content (AvgIpc) is 2.88. The van der Waals surface area contributed by atoms with Gasteiger partial charge in [-0.15, -0.1) is 0 Å². The number of hydrogen-bond acceptors (Lipinski definition) is 6. The molecule has 0 saturated heterocycles. The van der Waals surface area contributed by atoms with E-state index in [1.807, 2.05) is 0 Å². The number of ether oxygens (including phenoxy) is 2. The maximum absolute atomic E-state index is 12.3. The zero-order valence-electron chi connectivity index (χ0n) is 16.4. The monoisotopic (exact) mass is 365 g/mol. The molecule has 0 unspecified atom stereocenters. The number of carbonyl (C=O) groups is 3. The summed E-state index contributed by atoms with van der Waals surface area (Å²) >= 11 is 0. The van der Waals surface area contributed by atoms with Crippen LogP contribution in [0.5, 0.6) is 0 Å². The Morgan fingerprint density at radius 2 is 1.50 bits per heavy atom. The first-order valence-electron chi connectivity index (χ1n) is 8.29. The number of imide groups is 1. The molecule has 0 saturated carbocycles. The molecule has 0 spiro atoms. The van der Waals surface area contributed by atoms with Crippen LogP contribution in [-0.2, 0) is 9.47 Å². The normalized spacial score (nSPS) is 12.1. The van der Waals surface area contributed by atoms with Crippen LogP contribution in [0.25, 0.3) is 6.08 Å². The summed E-state index contributed by atoms with van der Waals surface area (Å²) in [5, 5.41) is 0. The number of Topliss-reactive ketones (excluding diaryl/α,β-unsaturated/α-hetero) is 1. The van der Waals surface area contributed by atoms with Crippen molar-refractivity contribution < 1.29 is 28.3 Å². The van der Waals surface area contributed by atoms with Crippen LogP contribution in [0.2, 0.25) is 0 Å². The van der Waals surface area contributed by atoms with Gasteiger partial charge in [0.05, 0.1) is 6.54 Å². The Kier molecular flexibility index (Phi) is 6.78. The molecule has 0 radical (unpaired) electrons. The molecule has 0 atom stereocenters. The van der Waals surface area contributed by atoms with Crippen LogP contribution in [0.15, 0.2) is 22.6 Å². The van der Waals surface area contributed by atoms with Crippen molar-refractivity contribution in [3.05, 3.63) is 29.7 Å². The van der Waals surface area contributed by atoms with E-state index in [9.17, 15) is 14.4 Å². The molecule has 2 amide bonds. The van der Waals surface area contributed by atoms with E-state index in [2.05, 4.69) is 0 Å². The zero-order valence-corrected chi connectivity index (χ0v) is 16.4. The van der Waals surface area contributed by atoms with Crippen molar-refractivity contribution in [2.24, 2.45) is 0 Å². The zero-order chi connectivity index (χ0) is 20.1. The molecule has 0 fully saturated rings. The summed E-state index contributed by atoms with van der Waals surface area (Å²) in [7, 11) is 0. The Labute approximate surface area is 153 Å². The van der Waals surface area contributed by atoms with Gasteiger partial charge in [-0.3, -0.25) is 4.79 Å². The van der Waals surface area contributed by atoms with Gasteiger partial charge in [-0.2, -0.15) is 0 Å². The highest BCUT2D eigenvalue weighted by atomic mass is 16.6. The Morgan fingerprint density at radius 3 is 1.88 bits per heavy atom. The Morgan fingerprint density at radius 1 is 1.00 bits per heavy atom. The van der Waals surface area contributed by atoms with Crippen LogP contribution in [-0.4, -0.2) is 40.6 Å². The predicted molar refractivity (Wildman–Crippen MR) is 96.9 cm³/mol. The van der Waals surface area contributed by atoms with Crippen molar-refractivity contribution in [3.63, 3.8) is 0 Å². The molecule has 0 aliphatic rings. The SMILES string of the molecule is CC(=O)c1ccc(/C=C/CN(C(=O)OC(C)(C)C)C(=O)OC(C)(C)C)o1. The van der Waals surface area contributed by atoms with E-state index in [4.69, 9.17) is 13.9 Å². The van der Waals surface area contributed by atoms with Crippen molar-refractivity contribution in [2.75, 3.05) is 6.54 Å². The maximum Gasteiger partial charge on any atom is 0.420 e. The summed E-state index contributed by atoms with van der Waals surface area (Å²) < 4.78 is 15.8. The molecule has 1 aromatic heterocycles. The number of furan rings is 1. The first kappa shape index (κ1) is 21.5. The minimum atomic E-state index is -0.805. The van der Waals surface area contributed by atoms with E-state index in [-0.39, 0.29) is 18.1 Å². The van der Waals surface area contributed by atoms with Crippen LogP contribution in [0, 0.1) is 0 Å². The first-order valence-corrected chi connectivity index (χ1v) is 8.29. The molecule has 7 heteroatoms. The molecular formula is C19H27NO6. The number of hydrogen-bond donors (Lipinski definition) is 0. The van der Waals surface area contributed by atoms with Gasteiger partial charge in [0.25, 0.3) is 0 Å². The lowest BCUT2D eigenvalue weighted by molar-refractivity contribution is 0.00375. The van der Waals surface area contributed by atoms with Crippen LogP contribution in [0.1, 0.15) is 64.8 Å². The van der Waals surface area contributed by atoms with E-state index in [0.29, 0.717) is 5.76 Å². The van der Waals surface area contributed by atoms with E-state index < -0.39 is 23.4 Å². The lowest BCUT2D eigenvalue weighted by Crippen LogP contribution is -2.43. The quantitative estimate of drug-likeness (QED) is 0.721. The smallest absolute Gasteiger partial charge is 0.420 e. The van der Waals surface area contributed by atoms with Crippen molar-refractivity contribution in [1.82, 2.24) is 4.90 Å². The van der Waals surface area contributed by atoms with Crippen LogP contribution in [0.4, 0.5) is 9.59 Å². The van der Waals surface area contributed by atoms with Gasteiger partial charge in [-0.05, 0) is 59.8 Å². The number of rotatable bonds is 4. The average molecular weight is 365 g/mol. The second kappa shape index (κ2) is 8.21. The highest BCUT2D eigenvalue weighted by Crippen LogP contribution is 2.15. The Bertz CT molecular complexity index is 660. The molecule has 7 nitrogen and oxygen atoms in total. The van der Waals surface area contributed by atoms with Gasteiger partial charge in [-0.25, -0.2) is 14.5 Å². The maximum atomic E-state index is 12.3. The molecule has 144 valence electrons. The van der Waals surface area contributed by atoms with Gasteiger partial charge in [0.15, 0.2) is 11.5 Å². The summed E-state index contributed by atoms with van der Waals surface area (Å²) in [5.41, 5.74) is -1.50. The number of ketones is 1. The standard InChI is InChI=1S/C19H27NO6/c1-13(21)15-11-10-14(24-15)9-8-12-20(16(22)25-18(2,3)4)17(23)26-19(5,6)7/h8-11H,12H2,1-7H3/b9-8+. The number of carbonyl (C=O) groups excluding carboxylic acids is 3. The molecule has 0 N–H and O–H groups in total. The van der Waals surface area contributed by atoms with Gasteiger partial charge in [0.1, 0.15) is 17.0 Å². The summed E-state index contributed by atoms with van der Waals surface area (Å²) in [4.78, 5) is 36.7. The van der Waals surface area contributed by atoms with E-state index in [1.165, 1.54) is 6.92 Å². The number of nitrogens with zero attached hydrogens (tertiary/aromatic N) is 1. The third kappa shape index (κ3) is 7.55.